The van der Waals surface area contributed by atoms with Gasteiger partial charge in [0.15, 0.2) is 0 Å². The molecule has 0 radical (unpaired) electrons. The molecule has 1 N–H and O–H groups in total. The molecule has 0 saturated heterocycles. The van der Waals surface area contributed by atoms with Gasteiger partial charge < -0.3 is 9.88 Å². The molecule has 1 fully saturated rings. The van der Waals surface area contributed by atoms with E-state index in [4.69, 9.17) is 0 Å². The van der Waals surface area contributed by atoms with Crippen molar-refractivity contribution in [3.05, 3.63) is 39.5 Å². The average molecular weight is 399 g/mol. The summed E-state index contributed by atoms with van der Waals surface area (Å²) in [6.07, 6.45) is 8.46. The Kier molecular flexibility index (Phi) is 4.47. The topological polar surface area (TPSA) is 29.9 Å². The van der Waals surface area contributed by atoms with Crippen LogP contribution in [0.15, 0.2) is 24.4 Å². The van der Waals surface area contributed by atoms with E-state index in [-0.39, 0.29) is 5.82 Å². The van der Waals surface area contributed by atoms with Gasteiger partial charge in [-0.25, -0.2) is 9.37 Å². The van der Waals surface area contributed by atoms with Crippen LogP contribution in [0.4, 0.5) is 16.0 Å². The fraction of sp³-hybridized carbons (Fsp3) is 0.438. The third-order valence-electron chi connectivity index (χ3n) is 4.00. The molecule has 112 valence electrons. The van der Waals surface area contributed by atoms with Crippen LogP contribution in [0, 0.1) is 16.3 Å². The number of halogens is 2. The second-order valence-corrected chi connectivity index (χ2v) is 6.82. The van der Waals surface area contributed by atoms with Gasteiger partial charge in [-0.2, -0.15) is 0 Å². The number of hydrogen-bond acceptors (Lipinski definition) is 2. The van der Waals surface area contributed by atoms with Crippen LogP contribution >= 0.6 is 22.6 Å². The number of nitrogens with one attached hydrogen (secondary N) is 1. The normalized spacial score (nSPS) is 16.1. The molecule has 1 aromatic heterocycles. The maximum atomic E-state index is 13.2. The number of anilines is 2. The number of aryl methyl sites for hydroxylation is 1. The Balaban J connectivity index is 1.87. The number of hydrogen-bond donors (Lipinski definition) is 1. The van der Waals surface area contributed by atoms with Crippen LogP contribution < -0.4 is 5.32 Å². The van der Waals surface area contributed by atoms with Crippen LogP contribution in [0.1, 0.15) is 43.8 Å². The Labute approximate surface area is 138 Å². The molecule has 0 spiro atoms. The van der Waals surface area contributed by atoms with E-state index in [0.29, 0.717) is 6.04 Å². The molecule has 1 saturated carbocycles. The summed E-state index contributed by atoms with van der Waals surface area (Å²) < 4.78 is 16.3. The van der Waals surface area contributed by atoms with E-state index in [1.54, 1.807) is 6.07 Å². The molecule has 1 aliphatic rings. The molecule has 0 atom stereocenters. The van der Waals surface area contributed by atoms with Crippen molar-refractivity contribution in [2.45, 2.75) is 45.1 Å². The first-order chi connectivity index (χ1) is 10.1. The average Bonchev–Trinajstić information content (AvgIpc) is 2.84. The SMILES string of the molecule is Cc1cn(C2CCCCC2)c(Nc2ccc(F)cc2I)n1. The monoisotopic (exact) mass is 399 g/mol. The van der Waals surface area contributed by atoms with Crippen molar-refractivity contribution in [3.63, 3.8) is 0 Å². The fourth-order valence-electron chi connectivity index (χ4n) is 2.96. The van der Waals surface area contributed by atoms with Crippen LogP contribution in [0.25, 0.3) is 0 Å². The molecule has 2 aromatic rings. The summed E-state index contributed by atoms with van der Waals surface area (Å²) in [7, 11) is 0. The lowest BCUT2D eigenvalue weighted by molar-refractivity contribution is 0.356. The van der Waals surface area contributed by atoms with Gasteiger partial charge in [0.05, 0.1) is 11.4 Å². The maximum absolute atomic E-state index is 13.2. The Morgan fingerprint density at radius 3 is 2.76 bits per heavy atom. The molecule has 1 aliphatic carbocycles. The van der Waals surface area contributed by atoms with Crippen LogP contribution in [0.5, 0.6) is 0 Å². The summed E-state index contributed by atoms with van der Waals surface area (Å²) in [4.78, 5) is 4.60. The molecule has 21 heavy (non-hydrogen) atoms. The van der Waals surface area contributed by atoms with E-state index in [0.717, 1.165) is 20.9 Å². The zero-order valence-electron chi connectivity index (χ0n) is 12.1. The second-order valence-electron chi connectivity index (χ2n) is 5.65. The van der Waals surface area contributed by atoms with Crippen molar-refractivity contribution in [2.75, 3.05) is 5.32 Å². The third-order valence-corrected chi connectivity index (χ3v) is 4.89. The first kappa shape index (κ1) is 14.8. The van der Waals surface area contributed by atoms with E-state index < -0.39 is 0 Å². The maximum Gasteiger partial charge on any atom is 0.207 e. The molecule has 3 nitrogen and oxygen atoms in total. The number of nitrogens with zero attached hydrogens (tertiary/aromatic N) is 2. The van der Waals surface area contributed by atoms with Gasteiger partial charge in [0, 0.05) is 15.8 Å². The largest absolute Gasteiger partial charge is 0.325 e. The number of benzene rings is 1. The molecule has 0 bridgehead atoms. The van der Waals surface area contributed by atoms with E-state index in [2.05, 4.69) is 43.7 Å². The van der Waals surface area contributed by atoms with Crippen molar-refractivity contribution in [3.8, 4) is 0 Å². The first-order valence-corrected chi connectivity index (χ1v) is 8.49. The fourth-order valence-corrected chi connectivity index (χ4v) is 3.57. The highest BCUT2D eigenvalue weighted by atomic mass is 127. The third kappa shape index (κ3) is 3.39. The van der Waals surface area contributed by atoms with Gasteiger partial charge in [0.2, 0.25) is 5.95 Å². The molecule has 1 heterocycles. The standard InChI is InChI=1S/C16H19FIN3/c1-11-10-21(13-5-3-2-4-6-13)16(19-11)20-15-8-7-12(17)9-14(15)18/h7-10,13H,2-6H2,1H3,(H,19,20). The van der Waals surface area contributed by atoms with Gasteiger partial charge in [-0.05, 0) is 60.6 Å². The first-order valence-electron chi connectivity index (χ1n) is 7.41. The molecule has 0 unspecified atom stereocenters. The summed E-state index contributed by atoms with van der Waals surface area (Å²) in [6.45, 7) is 2.01. The van der Waals surface area contributed by atoms with Crippen molar-refractivity contribution >= 4 is 34.2 Å². The van der Waals surface area contributed by atoms with Gasteiger partial charge in [-0.3, -0.25) is 0 Å². The Morgan fingerprint density at radius 2 is 2.05 bits per heavy atom. The lowest BCUT2D eigenvalue weighted by Gasteiger charge is -2.25. The van der Waals surface area contributed by atoms with Crippen LogP contribution in [-0.4, -0.2) is 9.55 Å². The molecule has 5 heteroatoms. The zero-order chi connectivity index (χ0) is 14.8. The number of rotatable bonds is 3. The highest BCUT2D eigenvalue weighted by molar-refractivity contribution is 14.1. The van der Waals surface area contributed by atoms with Gasteiger partial charge >= 0.3 is 0 Å². The highest BCUT2D eigenvalue weighted by Gasteiger charge is 2.19. The van der Waals surface area contributed by atoms with Gasteiger partial charge in [-0.1, -0.05) is 19.3 Å². The predicted octanol–water partition coefficient (Wildman–Crippen LogP) is 5.18. The minimum atomic E-state index is -0.211. The van der Waals surface area contributed by atoms with E-state index in [1.165, 1.54) is 44.2 Å². The second kappa shape index (κ2) is 6.34. The highest BCUT2D eigenvalue weighted by Crippen LogP contribution is 2.32. The summed E-state index contributed by atoms with van der Waals surface area (Å²) in [5.74, 6) is 0.653. The summed E-state index contributed by atoms with van der Waals surface area (Å²) >= 11 is 2.15. The smallest absolute Gasteiger partial charge is 0.207 e. The van der Waals surface area contributed by atoms with E-state index in [9.17, 15) is 4.39 Å². The van der Waals surface area contributed by atoms with Crippen molar-refractivity contribution < 1.29 is 4.39 Å². The van der Waals surface area contributed by atoms with Crippen LogP contribution in [-0.2, 0) is 0 Å². The minimum absolute atomic E-state index is 0.211. The molecule has 3 rings (SSSR count). The van der Waals surface area contributed by atoms with E-state index >= 15 is 0 Å². The molecule has 0 amide bonds. The van der Waals surface area contributed by atoms with Gasteiger partial charge in [0.25, 0.3) is 0 Å². The zero-order valence-corrected chi connectivity index (χ0v) is 14.2. The predicted molar refractivity (Wildman–Crippen MR) is 91.5 cm³/mol. The Morgan fingerprint density at radius 1 is 1.29 bits per heavy atom. The van der Waals surface area contributed by atoms with Gasteiger partial charge in [-0.15, -0.1) is 0 Å². The lowest BCUT2D eigenvalue weighted by atomic mass is 9.95. The van der Waals surface area contributed by atoms with Crippen molar-refractivity contribution in [1.29, 1.82) is 0 Å². The Hall–Kier alpha value is -1.11. The summed E-state index contributed by atoms with van der Waals surface area (Å²) in [5, 5.41) is 3.36. The number of aromatic nitrogens is 2. The van der Waals surface area contributed by atoms with Crippen molar-refractivity contribution in [1.82, 2.24) is 9.55 Å². The van der Waals surface area contributed by atoms with E-state index in [1.807, 2.05) is 6.92 Å². The van der Waals surface area contributed by atoms with Crippen LogP contribution in [0.3, 0.4) is 0 Å². The summed E-state index contributed by atoms with van der Waals surface area (Å²) in [6, 6.07) is 5.31. The molecule has 0 aliphatic heterocycles. The van der Waals surface area contributed by atoms with Crippen LogP contribution in [0.2, 0.25) is 0 Å². The minimum Gasteiger partial charge on any atom is -0.325 e. The van der Waals surface area contributed by atoms with Crippen molar-refractivity contribution in [2.24, 2.45) is 0 Å². The summed E-state index contributed by atoms with van der Waals surface area (Å²) in [5.41, 5.74) is 1.92. The molecular weight excluding hydrogens is 380 g/mol. The molecular formula is C16H19FIN3. The molecule has 1 aromatic carbocycles. The van der Waals surface area contributed by atoms with Gasteiger partial charge in [0.1, 0.15) is 5.82 Å². The number of imidazole rings is 1. The lowest BCUT2D eigenvalue weighted by Crippen LogP contribution is -2.14. The Bertz CT molecular complexity index is 632. The quantitative estimate of drug-likeness (QED) is 0.721.